The third-order valence-electron chi connectivity index (χ3n) is 3.09. The van der Waals surface area contributed by atoms with Gasteiger partial charge in [-0.2, -0.15) is 0 Å². The molecule has 106 valence electrons. The van der Waals surface area contributed by atoms with E-state index in [-0.39, 0.29) is 23.4 Å². The summed E-state index contributed by atoms with van der Waals surface area (Å²) in [6.45, 7) is 0. The first-order chi connectivity index (χ1) is 9.46. The molecular weight excluding hydrogens is 289 g/mol. The average molecular weight is 301 g/mol. The van der Waals surface area contributed by atoms with Crippen LogP contribution in [-0.4, -0.2) is 11.0 Å². The molecule has 0 radical (unpaired) electrons. The van der Waals surface area contributed by atoms with E-state index in [1.807, 2.05) is 0 Å². The maximum absolute atomic E-state index is 13.8. The Morgan fingerprint density at radius 3 is 2.30 bits per heavy atom. The van der Waals surface area contributed by atoms with Gasteiger partial charge in [-0.1, -0.05) is 24.3 Å². The topological polar surface area (TPSA) is 20.2 Å². The highest BCUT2D eigenvalue weighted by atomic mass is 35.5. The molecule has 1 unspecified atom stereocenters. The number of halogens is 4. The fourth-order valence-electron chi connectivity index (χ4n) is 2.04. The molecule has 2 rings (SSSR count). The molecule has 20 heavy (non-hydrogen) atoms. The Labute approximate surface area is 119 Å². The summed E-state index contributed by atoms with van der Waals surface area (Å²) in [5.74, 6) is -2.53. The molecule has 1 atom stereocenters. The summed E-state index contributed by atoms with van der Waals surface area (Å²) in [5, 5.41) is 10.5. The van der Waals surface area contributed by atoms with E-state index < -0.39 is 23.1 Å². The van der Waals surface area contributed by atoms with Crippen LogP contribution in [0.4, 0.5) is 13.2 Å². The summed E-state index contributed by atoms with van der Waals surface area (Å²) in [4.78, 5) is 0. The molecule has 0 aliphatic carbocycles. The first-order valence-electron chi connectivity index (χ1n) is 5.93. The predicted octanol–water partition coefficient (Wildman–Crippen LogP) is 3.77. The Morgan fingerprint density at radius 1 is 1.00 bits per heavy atom. The van der Waals surface area contributed by atoms with Gasteiger partial charge in [-0.05, 0) is 17.7 Å². The van der Waals surface area contributed by atoms with Gasteiger partial charge >= 0.3 is 0 Å². The maximum Gasteiger partial charge on any atom is 0.132 e. The average Bonchev–Trinajstić information content (AvgIpc) is 2.41. The minimum Gasteiger partial charge on any atom is -0.383 e. The highest BCUT2D eigenvalue weighted by Crippen LogP contribution is 2.30. The monoisotopic (exact) mass is 300 g/mol. The predicted molar refractivity (Wildman–Crippen MR) is 71.1 cm³/mol. The molecule has 2 aromatic carbocycles. The molecule has 0 heterocycles. The molecule has 0 bridgehead atoms. The van der Waals surface area contributed by atoms with Crippen LogP contribution in [0.5, 0.6) is 0 Å². The van der Waals surface area contributed by atoms with Crippen molar-refractivity contribution in [1.29, 1.82) is 0 Å². The largest absolute Gasteiger partial charge is 0.383 e. The number of hydrogen-bond donors (Lipinski definition) is 1. The standard InChI is InChI=1S/C15H12ClF3O/c16-9-15(20,8-10-3-1-2-4-13(10)18)12-6-5-11(17)7-14(12)19/h1-7,20H,8-9H2. The van der Waals surface area contributed by atoms with Crippen molar-refractivity contribution in [3.05, 3.63) is 71.0 Å². The summed E-state index contributed by atoms with van der Waals surface area (Å²) < 4.78 is 40.3. The molecule has 1 N–H and O–H groups in total. The summed E-state index contributed by atoms with van der Waals surface area (Å²) in [7, 11) is 0. The van der Waals surface area contributed by atoms with Crippen LogP contribution in [0, 0.1) is 17.5 Å². The van der Waals surface area contributed by atoms with Gasteiger partial charge in [0.1, 0.15) is 23.1 Å². The molecule has 5 heteroatoms. The van der Waals surface area contributed by atoms with Gasteiger partial charge in [0.25, 0.3) is 0 Å². The van der Waals surface area contributed by atoms with E-state index in [2.05, 4.69) is 0 Å². The summed E-state index contributed by atoms with van der Waals surface area (Å²) in [5.41, 5.74) is -1.75. The van der Waals surface area contributed by atoms with Gasteiger partial charge in [-0.25, -0.2) is 13.2 Å². The van der Waals surface area contributed by atoms with E-state index in [1.54, 1.807) is 6.07 Å². The summed E-state index contributed by atoms with van der Waals surface area (Å²) in [6, 6.07) is 8.64. The second-order valence-electron chi connectivity index (χ2n) is 4.56. The molecular formula is C15H12ClF3O. The molecule has 0 saturated heterocycles. The summed E-state index contributed by atoms with van der Waals surface area (Å²) in [6.07, 6.45) is -0.203. The first kappa shape index (κ1) is 14.9. The molecule has 2 aromatic rings. The number of aliphatic hydroxyl groups is 1. The van der Waals surface area contributed by atoms with E-state index in [0.29, 0.717) is 6.07 Å². The van der Waals surface area contributed by atoms with E-state index in [9.17, 15) is 18.3 Å². The van der Waals surface area contributed by atoms with Crippen LogP contribution in [0.3, 0.4) is 0 Å². The Hall–Kier alpha value is -1.52. The van der Waals surface area contributed by atoms with Gasteiger partial charge in [0.15, 0.2) is 0 Å². The third-order valence-corrected chi connectivity index (χ3v) is 3.54. The van der Waals surface area contributed by atoms with Gasteiger partial charge in [0, 0.05) is 18.1 Å². The SMILES string of the molecule is OC(CCl)(Cc1ccccc1F)c1ccc(F)cc1F. The van der Waals surface area contributed by atoms with Crippen molar-refractivity contribution in [2.24, 2.45) is 0 Å². The minimum absolute atomic E-state index is 0.155. The molecule has 0 aliphatic heterocycles. The second kappa shape index (κ2) is 5.85. The van der Waals surface area contributed by atoms with Crippen molar-refractivity contribution >= 4 is 11.6 Å². The molecule has 0 fully saturated rings. The van der Waals surface area contributed by atoms with Crippen LogP contribution in [0.1, 0.15) is 11.1 Å². The van der Waals surface area contributed by atoms with Gasteiger partial charge in [-0.15, -0.1) is 11.6 Å². The molecule has 0 saturated carbocycles. The molecule has 1 nitrogen and oxygen atoms in total. The third kappa shape index (κ3) is 2.97. The Balaban J connectivity index is 2.41. The number of benzene rings is 2. The second-order valence-corrected chi connectivity index (χ2v) is 4.82. The van der Waals surface area contributed by atoms with E-state index in [4.69, 9.17) is 11.6 Å². The molecule has 0 aromatic heterocycles. The highest BCUT2D eigenvalue weighted by molar-refractivity contribution is 6.18. The van der Waals surface area contributed by atoms with Crippen molar-refractivity contribution in [1.82, 2.24) is 0 Å². The van der Waals surface area contributed by atoms with Crippen molar-refractivity contribution < 1.29 is 18.3 Å². The van der Waals surface area contributed by atoms with Crippen LogP contribution in [0.25, 0.3) is 0 Å². The van der Waals surface area contributed by atoms with Crippen molar-refractivity contribution in [3.8, 4) is 0 Å². The zero-order chi connectivity index (χ0) is 14.8. The van der Waals surface area contributed by atoms with Gasteiger partial charge < -0.3 is 5.11 Å². The lowest BCUT2D eigenvalue weighted by Crippen LogP contribution is -2.32. The number of rotatable bonds is 4. The number of hydrogen-bond acceptors (Lipinski definition) is 1. The Kier molecular flexibility index (Phi) is 4.35. The highest BCUT2D eigenvalue weighted by Gasteiger charge is 2.32. The fraction of sp³-hybridized carbons (Fsp3) is 0.200. The van der Waals surface area contributed by atoms with E-state index >= 15 is 0 Å². The van der Waals surface area contributed by atoms with Gasteiger partial charge in [0.05, 0.1) is 5.88 Å². The summed E-state index contributed by atoms with van der Waals surface area (Å²) >= 11 is 5.72. The van der Waals surface area contributed by atoms with Crippen LogP contribution in [0.2, 0.25) is 0 Å². The molecule has 0 amide bonds. The van der Waals surface area contributed by atoms with Crippen molar-refractivity contribution in [2.75, 3.05) is 5.88 Å². The lowest BCUT2D eigenvalue weighted by Gasteiger charge is -2.27. The van der Waals surface area contributed by atoms with Gasteiger partial charge in [0.2, 0.25) is 0 Å². The maximum atomic E-state index is 13.8. The van der Waals surface area contributed by atoms with Crippen LogP contribution in [0.15, 0.2) is 42.5 Å². The van der Waals surface area contributed by atoms with Crippen LogP contribution < -0.4 is 0 Å². The zero-order valence-electron chi connectivity index (χ0n) is 10.4. The molecule has 0 spiro atoms. The smallest absolute Gasteiger partial charge is 0.132 e. The normalized spacial score (nSPS) is 14.1. The van der Waals surface area contributed by atoms with Gasteiger partial charge in [-0.3, -0.25) is 0 Å². The first-order valence-corrected chi connectivity index (χ1v) is 6.47. The molecule has 0 aliphatic rings. The lowest BCUT2D eigenvalue weighted by molar-refractivity contribution is 0.0565. The zero-order valence-corrected chi connectivity index (χ0v) is 11.2. The fourth-order valence-corrected chi connectivity index (χ4v) is 2.28. The lowest BCUT2D eigenvalue weighted by atomic mass is 9.88. The Bertz CT molecular complexity index is 618. The van der Waals surface area contributed by atoms with Crippen molar-refractivity contribution in [2.45, 2.75) is 12.0 Å². The minimum atomic E-state index is -1.80. The Morgan fingerprint density at radius 2 is 1.70 bits per heavy atom. The number of alkyl halides is 1. The van der Waals surface area contributed by atoms with Crippen LogP contribution in [-0.2, 0) is 12.0 Å². The van der Waals surface area contributed by atoms with Crippen molar-refractivity contribution in [3.63, 3.8) is 0 Å². The van der Waals surface area contributed by atoms with Crippen LogP contribution >= 0.6 is 11.6 Å². The van der Waals surface area contributed by atoms with E-state index in [1.165, 1.54) is 18.2 Å². The quantitative estimate of drug-likeness (QED) is 0.852. The van der Waals surface area contributed by atoms with E-state index in [0.717, 1.165) is 12.1 Å².